The minimum atomic E-state index is 0.128. The van der Waals surface area contributed by atoms with Gasteiger partial charge in [0.15, 0.2) is 5.11 Å². The van der Waals surface area contributed by atoms with Gasteiger partial charge in [0.05, 0.1) is 13.2 Å². The molecule has 0 saturated heterocycles. The zero-order chi connectivity index (χ0) is 15.2. The topological polar surface area (TPSA) is 33.3 Å². The lowest BCUT2D eigenvalue weighted by Gasteiger charge is -2.17. The van der Waals surface area contributed by atoms with E-state index >= 15 is 0 Å². The standard InChI is InChI=1S/C16H17BrN2OS/c1-11(12-6-8-13(17)9-7-12)18-16(21)19-14-4-3-5-15(10-14)20-2/h3-11H,1-2H3,(H2,18,19,21). The van der Waals surface area contributed by atoms with E-state index in [1.165, 1.54) is 5.56 Å². The zero-order valence-corrected chi connectivity index (χ0v) is 14.3. The van der Waals surface area contributed by atoms with Crippen LogP contribution in [0.15, 0.2) is 53.0 Å². The fourth-order valence-electron chi connectivity index (χ4n) is 1.90. The van der Waals surface area contributed by atoms with Crippen LogP contribution in [-0.4, -0.2) is 12.2 Å². The van der Waals surface area contributed by atoms with E-state index in [9.17, 15) is 0 Å². The van der Waals surface area contributed by atoms with Gasteiger partial charge in [-0.2, -0.15) is 0 Å². The smallest absolute Gasteiger partial charge is 0.171 e. The Hall–Kier alpha value is -1.59. The van der Waals surface area contributed by atoms with E-state index in [0.29, 0.717) is 5.11 Å². The van der Waals surface area contributed by atoms with Crippen molar-refractivity contribution in [2.24, 2.45) is 0 Å². The Kier molecular flexibility index (Phi) is 5.59. The van der Waals surface area contributed by atoms with Crippen molar-refractivity contribution in [1.29, 1.82) is 0 Å². The third kappa shape index (κ3) is 4.72. The average Bonchev–Trinajstić information content (AvgIpc) is 2.47. The molecule has 0 amide bonds. The van der Waals surface area contributed by atoms with Crippen LogP contribution in [0.1, 0.15) is 18.5 Å². The van der Waals surface area contributed by atoms with E-state index in [-0.39, 0.29) is 6.04 Å². The molecule has 0 radical (unpaired) electrons. The first kappa shape index (κ1) is 15.8. The van der Waals surface area contributed by atoms with Gasteiger partial charge >= 0.3 is 0 Å². The van der Waals surface area contributed by atoms with Gasteiger partial charge in [-0.25, -0.2) is 0 Å². The number of nitrogens with one attached hydrogen (secondary N) is 2. The first-order chi connectivity index (χ1) is 10.1. The van der Waals surface area contributed by atoms with Gasteiger partial charge in [0.25, 0.3) is 0 Å². The van der Waals surface area contributed by atoms with Crippen molar-refractivity contribution in [1.82, 2.24) is 5.32 Å². The van der Waals surface area contributed by atoms with Crippen molar-refractivity contribution in [2.75, 3.05) is 12.4 Å². The highest BCUT2D eigenvalue weighted by molar-refractivity contribution is 9.10. The van der Waals surface area contributed by atoms with Crippen molar-refractivity contribution in [3.8, 4) is 5.75 Å². The Balaban J connectivity index is 1.96. The molecule has 0 aliphatic heterocycles. The van der Waals surface area contributed by atoms with Crippen LogP contribution in [0.5, 0.6) is 5.75 Å². The molecule has 2 aromatic carbocycles. The maximum atomic E-state index is 5.35. The van der Waals surface area contributed by atoms with E-state index in [0.717, 1.165) is 15.9 Å². The summed E-state index contributed by atoms with van der Waals surface area (Å²) in [6, 6.07) is 16.0. The fourth-order valence-corrected chi connectivity index (χ4v) is 2.46. The van der Waals surface area contributed by atoms with E-state index in [1.807, 2.05) is 36.4 Å². The molecule has 0 bridgehead atoms. The lowest BCUT2D eigenvalue weighted by molar-refractivity contribution is 0.415. The Morgan fingerprint density at radius 2 is 1.90 bits per heavy atom. The molecule has 1 unspecified atom stereocenters. The summed E-state index contributed by atoms with van der Waals surface area (Å²) in [5.41, 5.74) is 2.07. The largest absolute Gasteiger partial charge is 0.497 e. The summed E-state index contributed by atoms with van der Waals surface area (Å²) in [5.74, 6) is 0.795. The number of halogens is 1. The second-order valence-electron chi connectivity index (χ2n) is 4.60. The summed E-state index contributed by atoms with van der Waals surface area (Å²) in [4.78, 5) is 0. The molecule has 2 aromatic rings. The molecule has 0 saturated carbocycles. The van der Waals surface area contributed by atoms with Crippen molar-refractivity contribution in [3.05, 3.63) is 58.6 Å². The summed E-state index contributed by atoms with van der Waals surface area (Å²) in [5, 5.41) is 7.01. The van der Waals surface area contributed by atoms with Gasteiger partial charge in [0.1, 0.15) is 5.75 Å². The molecule has 2 N–H and O–H groups in total. The minimum absolute atomic E-state index is 0.128. The Morgan fingerprint density at radius 1 is 1.19 bits per heavy atom. The summed E-state index contributed by atoms with van der Waals surface area (Å²) in [6.07, 6.45) is 0. The highest BCUT2D eigenvalue weighted by Gasteiger charge is 2.07. The highest BCUT2D eigenvalue weighted by Crippen LogP contribution is 2.18. The molecule has 0 aliphatic carbocycles. The van der Waals surface area contributed by atoms with Gasteiger partial charge < -0.3 is 15.4 Å². The number of methoxy groups -OCH3 is 1. The van der Waals surface area contributed by atoms with Gasteiger partial charge in [0.2, 0.25) is 0 Å². The third-order valence-electron chi connectivity index (χ3n) is 3.05. The number of thiocarbonyl (C=S) groups is 1. The normalized spacial score (nSPS) is 11.6. The number of hydrogen-bond acceptors (Lipinski definition) is 2. The van der Waals surface area contributed by atoms with Gasteiger partial charge in [-0.1, -0.05) is 34.1 Å². The fraction of sp³-hybridized carbons (Fsp3) is 0.188. The lowest BCUT2D eigenvalue weighted by atomic mass is 10.1. The molecule has 0 heterocycles. The summed E-state index contributed by atoms with van der Waals surface area (Å²) >= 11 is 8.78. The maximum Gasteiger partial charge on any atom is 0.171 e. The molecule has 0 spiro atoms. The molecule has 0 aromatic heterocycles. The highest BCUT2D eigenvalue weighted by atomic mass is 79.9. The predicted molar refractivity (Wildman–Crippen MR) is 94.9 cm³/mol. The van der Waals surface area contributed by atoms with Gasteiger partial charge in [-0.05, 0) is 49.0 Å². The Morgan fingerprint density at radius 3 is 2.57 bits per heavy atom. The first-order valence-electron chi connectivity index (χ1n) is 6.55. The van der Waals surface area contributed by atoms with Crippen LogP contribution in [0.2, 0.25) is 0 Å². The van der Waals surface area contributed by atoms with Crippen LogP contribution in [0.4, 0.5) is 5.69 Å². The van der Waals surface area contributed by atoms with E-state index < -0.39 is 0 Å². The van der Waals surface area contributed by atoms with Crippen LogP contribution in [0.3, 0.4) is 0 Å². The molecular formula is C16H17BrN2OS. The van der Waals surface area contributed by atoms with Gasteiger partial charge in [0, 0.05) is 16.2 Å². The van der Waals surface area contributed by atoms with Crippen LogP contribution in [-0.2, 0) is 0 Å². The van der Waals surface area contributed by atoms with Crippen LogP contribution >= 0.6 is 28.1 Å². The van der Waals surface area contributed by atoms with Gasteiger partial charge in [-0.15, -0.1) is 0 Å². The van der Waals surface area contributed by atoms with E-state index in [1.54, 1.807) is 7.11 Å². The number of ether oxygens (including phenoxy) is 1. The molecule has 0 aliphatic rings. The van der Waals surface area contributed by atoms with Crippen LogP contribution < -0.4 is 15.4 Å². The van der Waals surface area contributed by atoms with Crippen molar-refractivity contribution < 1.29 is 4.74 Å². The molecule has 110 valence electrons. The molecular weight excluding hydrogens is 348 g/mol. The summed E-state index contributed by atoms with van der Waals surface area (Å²) in [7, 11) is 1.64. The molecule has 5 heteroatoms. The molecule has 21 heavy (non-hydrogen) atoms. The van der Waals surface area contributed by atoms with Crippen LogP contribution in [0.25, 0.3) is 0 Å². The summed E-state index contributed by atoms with van der Waals surface area (Å²) in [6.45, 7) is 2.07. The molecule has 0 fully saturated rings. The quantitative estimate of drug-likeness (QED) is 0.782. The van der Waals surface area contributed by atoms with Crippen molar-refractivity contribution in [3.63, 3.8) is 0 Å². The molecule has 1 atom stereocenters. The molecule has 3 nitrogen and oxygen atoms in total. The van der Waals surface area contributed by atoms with Crippen molar-refractivity contribution >= 4 is 38.9 Å². The van der Waals surface area contributed by atoms with Gasteiger partial charge in [-0.3, -0.25) is 0 Å². The zero-order valence-electron chi connectivity index (χ0n) is 11.9. The van der Waals surface area contributed by atoms with E-state index in [4.69, 9.17) is 17.0 Å². The lowest BCUT2D eigenvalue weighted by Crippen LogP contribution is -2.30. The first-order valence-corrected chi connectivity index (χ1v) is 7.75. The number of hydrogen-bond donors (Lipinski definition) is 2. The Bertz CT molecular complexity index is 616. The second-order valence-corrected chi connectivity index (χ2v) is 5.93. The third-order valence-corrected chi connectivity index (χ3v) is 3.79. The SMILES string of the molecule is COc1cccc(NC(=S)NC(C)c2ccc(Br)cc2)c1. The van der Waals surface area contributed by atoms with Crippen molar-refractivity contribution in [2.45, 2.75) is 13.0 Å². The number of rotatable bonds is 4. The van der Waals surface area contributed by atoms with Crippen LogP contribution in [0, 0.1) is 0 Å². The maximum absolute atomic E-state index is 5.35. The molecule has 2 rings (SSSR count). The minimum Gasteiger partial charge on any atom is -0.497 e. The number of anilines is 1. The second kappa shape index (κ2) is 7.43. The average molecular weight is 365 g/mol. The predicted octanol–water partition coefficient (Wildman–Crippen LogP) is 4.51. The Labute approximate surface area is 138 Å². The monoisotopic (exact) mass is 364 g/mol. The van der Waals surface area contributed by atoms with E-state index in [2.05, 4.69) is 45.6 Å². The number of benzene rings is 2. The summed E-state index contributed by atoms with van der Waals surface area (Å²) < 4.78 is 6.26.